The van der Waals surface area contributed by atoms with Crippen molar-refractivity contribution in [2.24, 2.45) is 5.92 Å². The summed E-state index contributed by atoms with van der Waals surface area (Å²) in [6.07, 6.45) is 0. The van der Waals surface area contributed by atoms with E-state index in [1.54, 1.807) is 0 Å². The van der Waals surface area contributed by atoms with E-state index in [1.807, 2.05) is 39.2 Å². The Morgan fingerprint density at radius 2 is 2.00 bits per heavy atom. The Balaban J connectivity index is 2.72. The lowest BCUT2D eigenvalue weighted by Crippen LogP contribution is -2.43. The highest BCUT2D eigenvalue weighted by atomic mass is 79.9. The molecule has 1 amide bonds. The van der Waals surface area contributed by atoms with Gasteiger partial charge in [0.05, 0.1) is 5.56 Å². The van der Waals surface area contributed by atoms with Crippen molar-refractivity contribution >= 4 is 21.8 Å². The van der Waals surface area contributed by atoms with Crippen molar-refractivity contribution in [1.82, 2.24) is 10.2 Å². The Hall–Kier alpha value is -0.870. The zero-order valence-electron chi connectivity index (χ0n) is 12.3. The van der Waals surface area contributed by atoms with Gasteiger partial charge in [-0.1, -0.05) is 25.5 Å². The summed E-state index contributed by atoms with van der Waals surface area (Å²) in [6.45, 7) is 6.97. The molecular weight excluding hydrogens is 304 g/mol. The van der Waals surface area contributed by atoms with Crippen LogP contribution < -0.4 is 5.32 Å². The smallest absolute Gasteiger partial charge is 0.252 e. The van der Waals surface area contributed by atoms with Crippen molar-refractivity contribution in [3.63, 3.8) is 0 Å². The number of likely N-dealkylation sites (N-methyl/N-ethyl adjacent to an activating group) is 1. The van der Waals surface area contributed by atoms with Gasteiger partial charge < -0.3 is 10.2 Å². The highest BCUT2D eigenvalue weighted by Crippen LogP contribution is 2.18. The molecule has 1 atom stereocenters. The molecule has 0 aliphatic heterocycles. The quantitative estimate of drug-likeness (QED) is 0.901. The highest BCUT2D eigenvalue weighted by molar-refractivity contribution is 9.10. The van der Waals surface area contributed by atoms with Gasteiger partial charge in [-0.05, 0) is 55.0 Å². The van der Waals surface area contributed by atoms with E-state index in [0.717, 1.165) is 10.0 Å². The number of hydrogen-bond donors (Lipinski definition) is 1. The van der Waals surface area contributed by atoms with Crippen molar-refractivity contribution in [2.45, 2.75) is 26.8 Å². The lowest BCUT2D eigenvalue weighted by atomic mass is 10.0. The zero-order valence-corrected chi connectivity index (χ0v) is 13.9. The second-order valence-corrected chi connectivity index (χ2v) is 6.32. The van der Waals surface area contributed by atoms with Crippen LogP contribution in [0.1, 0.15) is 29.8 Å². The lowest BCUT2D eigenvalue weighted by Gasteiger charge is -2.28. The SMILES string of the molecule is Cc1ccc(Br)c(C(=O)NCC(C(C)C)N(C)C)c1. The first-order valence-electron chi connectivity index (χ1n) is 6.53. The molecule has 0 heterocycles. The summed E-state index contributed by atoms with van der Waals surface area (Å²) in [4.78, 5) is 14.4. The Morgan fingerprint density at radius 3 is 2.53 bits per heavy atom. The number of hydrogen-bond acceptors (Lipinski definition) is 2. The van der Waals surface area contributed by atoms with E-state index >= 15 is 0 Å². The Bertz CT molecular complexity index is 436. The minimum atomic E-state index is -0.0249. The van der Waals surface area contributed by atoms with Gasteiger partial charge in [-0.25, -0.2) is 0 Å². The number of rotatable bonds is 5. The van der Waals surface area contributed by atoms with Crippen molar-refractivity contribution in [3.05, 3.63) is 33.8 Å². The molecule has 4 heteroatoms. The van der Waals surface area contributed by atoms with E-state index in [0.29, 0.717) is 24.1 Å². The molecule has 19 heavy (non-hydrogen) atoms. The molecule has 0 aliphatic carbocycles. The number of carbonyl (C=O) groups is 1. The maximum Gasteiger partial charge on any atom is 0.252 e. The van der Waals surface area contributed by atoms with Gasteiger partial charge in [0, 0.05) is 17.1 Å². The summed E-state index contributed by atoms with van der Waals surface area (Å²) in [5, 5.41) is 3.02. The van der Waals surface area contributed by atoms with Gasteiger partial charge in [0.25, 0.3) is 5.91 Å². The first-order chi connectivity index (χ1) is 8.82. The van der Waals surface area contributed by atoms with Crippen molar-refractivity contribution < 1.29 is 4.79 Å². The van der Waals surface area contributed by atoms with E-state index in [1.165, 1.54) is 0 Å². The van der Waals surface area contributed by atoms with Crippen LogP contribution in [0, 0.1) is 12.8 Å². The van der Waals surface area contributed by atoms with Gasteiger partial charge in [0.1, 0.15) is 0 Å². The summed E-state index contributed by atoms with van der Waals surface area (Å²) >= 11 is 3.42. The van der Waals surface area contributed by atoms with Gasteiger partial charge in [-0.15, -0.1) is 0 Å². The van der Waals surface area contributed by atoms with E-state index in [2.05, 4.69) is 40.0 Å². The van der Waals surface area contributed by atoms with Crippen LogP contribution in [0.2, 0.25) is 0 Å². The fourth-order valence-electron chi connectivity index (χ4n) is 2.12. The molecule has 3 nitrogen and oxygen atoms in total. The summed E-state index contributed by atoms with van der Waals surface area (Å²) in [6, 6.07) is 6.14. The first-order valence-corrected chi connectivity index (χ1v) is 7.33. The zero-order chi connectivity index (χ0) is 14.6. The van der Waals surface area contributed by atoms with Crippen molar-refractivity contribution in [1.29, 1.82) is 0 Å². The maximum atomic E-state index is 12.2. The van der Waals surface area contributed by atoms with E-state index < -0.39 is 0 Å². The van der Waals surface area contributed by atoms with Crippen LogP contribution in [0.3, 0.4) is 0 Å². The third kappa shape index (κ3) is 4.62. The molecule has 1 unspecified atom stereocenters. The number of carbonyl (C=O) groups excluding carboxylic acids is 1. The molecule has 1 aromatic rings. The Kier molecular flexibility index (Phi) is 6.01. The third-order valence-corrected chi connectivity index (χ3v) is 3.96. The van der Waals surface area contributed by atoms with Crippen LogP contribution in [0.15, 0.2) is 22.7 Å². The Morgan fingerprint density at radius 1 is 1.37 bits per heavy atom. The number of nitrogens with zero attached hydrogens (tertiary/aromatic N) is 1. The summed E-state index contributed by atoms with van der Waals surface area (Å²) in [7, 11) is 4.08. The molecule has 0 fully saturated rings. The highest BCUT2D eigenvalue weighted by Gasteiger charge is 2.18. The van der Waals surface area contributed by atoms with Crippen LogP contribution >= 0.6 is 15.9 Å². The molecule has 0 spiro atoms. The first kappa shape index (κ1) is 16.2. The second-order valence-electron chi connectivity index (χ2n) is 5.47. The van der Waals surface area contributed by atoms with Crippen LogP contribution in [0.4, 0.5) is 0 Å². The molecule has 0 aliphatic rings. The number of halogens is 1. The van der Waals surface area contributed by atoms with Gasteiger partial charge in [0.15, 0.2) is 0 Å². The minimum Gasteiger partial charge on any atom is -0.350 e. The van der Waals surface area contributed by atoms with Crippen molar-refractivity contribution in [2.75, 3.05) is 20.6 Å². The fraction of sp³-hybridized carbons (Fsp3) is 0.533. The average Bonchev–Trinajstić information content (AvgIpc) is 2.31. The summed E-state index contributed by atoms with van der Waals surface area (Å²) in [5.74, 6) is 0.472. The molecule has 0 saturated carbocycles. The molecule has 1 aromatic carbocycles. The molecule has 1 rings (SSSR count). The molecule has 0 aromatic heterocycles. The number of aryl methyl sites for hydroxylation is 1. The lowest BCUT2D eigenvalue weighted by molar-refractivity contribution is 0.0934. The molecule has 0 saturated heterocycles. The normalized spacial score (nSPS) is 12.8. The van der Waals surface area contributed by atoms with Crippen LogP contribution in [-0.4, -0.2) is 37.5 Å². The van der Waals surface area contributed by atoms with Crippen LogP contribution in [0.25, 0.3) is 0 Å². The standard InChI is InChI=1S/C15H23BrN2O/c1-10(2)14(18(4)5)9-17-15(19)12-8-11(3)6-7-13(12)16/h6-8,10,14H,9H2,1-5H3,(H,17,19). The van der Waals surface area contributed by atoms with E-state index in [9.17, 15) is 4.79 Å². The summed E-state index contributed by atoms with van der Waals surface area (Å²) < 4.78 is 0.835. The largest absolute Gasteiger partial charge is 0.350 e. The predicted molar refractivity (Wildman–Crippen MR) is 83.5 cm³/mol. The van der Waals surface area contributed by atoms with Crippen LogP contribution in [-0.2, 0) is 0 Å². The predicted octanol–water partition coefficient (Wildman–Crippen LogP) is 3.07. The van der Waals surface area contributed by atoms with Gasteiger partial charge in [0.2, 0.25) is 0 Å². The third-order valence-electron chi connectivity index (χ3n) is 3.27. The summed E-state index contributed by atoms with van der Waals surface area (Å²) in [5.41, 5.74) is 1.78. The minimum absolute atomic E-state index is 0.0249. The monoisotopic (exact) mass is 326 g/mol. The fourth-order valence-corrected chi connectivity index (χ4v) is 2.55. The van der Waals surface area contributed by atoms with Crippen molar-refractivity contribution in [3.8, 4) is 0 Å². The van der Waals surface area contributed by atoms with Gasteiger partial charge >= 0.3 is 0 Å². The average molecular weight is 327 g/mol. The van der Waals surface area contributed by atoms with E-state index in [-0.39, 0.29) is 5.91 Å². The van der Waals surface area contributed by atoms with Crippen LogP contribution in [0.5, 0.6) is 0 Å². The molecule has 0 bridgehead atoms. The number of nitrogens with one attached hydrogen (secondary N) is 1. The molecule has 106 valence electrons. The topological polar surface area (TPSA) is 32.3 Å². The van der Waals surface area contributed by atoms with Gasteiger partial charge in [-0.3, -0.25) is 4.79 Å². The molecule has 0 radical (unpaired) electrons. The molecule has 1 N–H and O–H groups in total. The number of benzene rings is 1. The van der Waals surface area contributed by atoms with Gasteiger partial charge in [-0.2, -0.15) is 0 Å². The molecular formula is C15H23BrN2O. The van der Waals surface area contributed by atoms with E-state index in [4.69, 9.17) is 0 Å². The maximum absolute atomic E-state index is 12.2. The Labute approximate surface area is 124 Å². The second kappa shape index (κ2) is 7.06. The number of amides is 1.